The molecule has 3 heterocycles. The maximum Gasteiger partial charge on any atom is 0.401 e. The standard InChI is InChI=1S/C22H26F3N3O2S/c23-22(24,25)16-26-7-4-8-27(10-9-26)20(29)19-15-18(17-5-2-1-3-6-17)21(31-19)28-11-13-30-14-12-28/h1-3,5-6,15H,4,7-14,16H2. The Hall–Kier alpha value is -2.10. The molecule has 0 N–H and O–H groups in total. The number of hydrogen-bond donors (Lipinski definition) is 0. The lowest BCUT2D eigenvalue weighted by molar-refractivity contribution is -0.145. The Labute approximate surface area is 184 Å². The van der Waals surface area contributed by atoms with Crippen molar-refractivity contribution in [1.29, 1.82) is 0 Å². The number of carbonyl (C=O) groups excluding carboxylic acids is 1. The van der Waals surface area contributed by atoms with E-state index >= 15 is 0 Å². The van der Waals surface area contributed by atoms with E-state index in [0.717, 1.165) is 29.2 Å². The highest BCUT2D eigenvalue weighted by Crippen LogP contribution is 2.40. The summed E-state index contributed by atoms with van der Waals surface area (Å²) in [4.78, 5) is 19.2. The number of halogens is 3. The predicted octanol–water partition coefficient (Wildman–Crippen LogP) is 3.96. The van der Waals surface area contributed by atoms with E-state index in [9.17, 15) is 18.0 Å². The number of amides is 1. The van der Waals surface area contributed by atoms with Gasteiger partial charge in [-0.3, -0.25) is 9.69 Å². The van der Waals surface area contributed by atoms with Gasteiger partial charge in [-0.1, -0.05) is 30.3 Å². The average molecular weight is 454 g/mol. The predicted molar refractivity (Wildman–Crippen MR) is 116 cm³/mol. The van der Waals surface area contributed by atoms with Gasteiger partial charge < -0.3 is 14.5 Å². The molecule has 0 saturated carbocycles. The summed E-state index contributed by atoms with van der Waals surface area (Å²) in [7, 11) is 0. The molecule has 2 saturated heterocycles. The summed E-state index contributed by atoms with van der Waals surface area (Å²) < 4.78 is 43.7. The van der Waals surface area contributed by atoms with E-state index in [-0.39, 0.29) is 12.5 Å². The number of thiophene rings is 1. The second kappa shape index (κ2) is 9.58. The Balaban J connectivity index is 1.55. The fourth-order valence-corrected chi connectivity index (χ4v) is 5.25. The molecule has 1 aromatic heterocycles. The van der Waals surface area contributed by atoms with E-state index in [4.69, 9.17) is 4.74 Å². The zero-order valence-electron chi connectivity index (χ0n) is 17.2. The molecule has 2 aliphatic heterocycles. The largest absolute Gasteiger partial charge is 0.401 e. The number of carbonyl (C=O) groups is 1. The minimum Gasteiger partial charge on any atom is -0.378 e. The number of anilines is 1. The summed E-state index contributed by atoms with van der Waals surface area (Å²) in [6.07, 6.45) is -3.68. The van der Waals surface area contributed by atoms with Gasteiger partial charge >= 0.3 is 6.18 Å². The number of hydrogen-bond acceptors (Lipinski definition) is 5. The lowest BCUT2D eigenvalue weighted by Gasteiger charge is -2.28. The second-order valence-electron chi connectivity index (χ2n) is 7.83. The minimum absolute atomic E-state index is 0.101. The number of ether oxygens (including phenoxy) is 1. The fraction of sp³-hybridized carbons (Fsp3) is 0.500. The van der Waals surface area contributed by atoms with Crippen molar-refractivity contribution >= 4 is 22.2 Å². The molecule has 5 nitrogen and oxygen atoms in total. The molecule has 4 rings (SSSR count). The molecule has 1 aromatic carbocycles. The van der Waals surface area contributed by atoms with Crippen molar-refractivity contribution in [2.24, 2.45) is 0 Å². The first-order chi connectivity index (χ1) is 14.9. The lowest BCUT2D eigenvalue weighted by atomic mass is 10.1. The molecule has 0 spiro atoms. The molecule has 0 radical (unpaired) electrons. The van der Waals surface area contributed by atoms with Crippen LogP contribution in [0.4, 0.5) is 18.2 Å². The monoisotopic (exact) mass is 453 g/mol. The first kappa shape index (κ1) is 22.1. The fourth-order valence-electron chi connectivity index (χ4n) is 4.05. The molecule has 0 bridgehead atoms. The van der Waals surface area contributed by atoms with Gasteiger partial charge in [-0.25, -0.2) is 0 Å². The van der Waals surface area contributed by atoms with Crippen LogP contribution in [0.25, 0.3) is 11.1 Å². The van der Waals surface area contributed by atoms with E-state index in [2.05, 4.69) is 4.90 Å². The van der Waals surface area contributed by atoms with Gasteiger partial charge in [0.25, 0.3) is 5.91 Å². The zero-order chi connectivity index (χ0) is 21.8. The summed E-state index contributed by atoms with van der Waals surface area (Å²) in [6, 6.07) is 11.9. The van der Waals surface area contributed by atoms with Crippen LogP contribution < -0.4 is 4.90 Å². The van der Waals surface area contributed by atoms with Gasteiger partial charge in [0, 0.05) is 44.8 Å². The van der Waals surface area contributed by atoms with Crippen molar-refractivity contribution in [3.63, 3.8) is 0 Å². The molecular weight excluding hydrogens is 427 g/mol. The maximum atomic E-state index is 13.3. The summed E-state index contributed by atoms with van der Waals surface area (Å²) in [5, 5.41) is 1.05. The first-order valence-corrected chi connectivity index (χ1v) is 11.3. The molecule has 1 amide bonds. The topological polar surface area (TPSA) is 36.0 Å². The van der Waals surface area contributed by atoms with Crippen LogP contribution in [-0.4, -0.2) is 80.9 Å². The number of morpholine rings is 1. The van der Waals surface area contributed by atoms with Crippen molar-refractivity contribution in [3.05, 3.63) is 41.3 Å². The highest BCUT2D eigenvalue weighted by atomic mass is 32.1. The van der Waals surface area contributed by atoms with Gasteiger partial charge in [0.05, 0.1) is 29.6 Å². The zero-order valence-corrected chi connectivity index (χ0v) is 18.1. The van der Waals surface area contributed by atoms with Crippen molar-refractivity contribution in [3.8, 4) is 11.1 Å². The van der Waals surface area contributed by atoms with Crippen LogP contribution >= 0.6 is 11.3 Å². The van der Waals surface area contributed by atoms with Crippen molar-refractivity contribution in [1.82, 2.24) is 9.80 Å². The summed E-state index contributed by atoms with van der Waals surface area (Å²) in [5.41, 5.74) is 2.07. The van der Waals surface area contributed by atoms with Crippen LogP contribution in [0.1, 0.15) is 16.1 Å². The molecule has 0 unspecified atom stereocenters. The van der Waals surface area contributed by atoms with Gasteiger partial charge in [-0.15, -0.1) is 11.3 Å². The third kappa shape index (κ3) is 5.58. The highest BCUT2D eigenvalue weighted by Gasteiger charge is 2.32. The smallest absolute Gasteiger partial charge is 0.378 e. The quantitative estimate of drug-likeness (QED) is 0.702. The molecule has 2 aliphatic rings. The van der Waals surface area contributed by atoms with Crippen LogP contribution in [-0.2, 0) is 4.74 Å². The van der Waals surface area contributed by atoms with Crippen molar-refractivity contribution < 1.29 is 22.7 Å². The summed E-state index contributed by atoms with van der Waals surface area (Å²) >= 11 is 1.47. The van der Waals surface area contributed by atoms with Gasteiger partial charge in [0.15, 0.2) is 0 Å². The van der Waals surface area contributed by atoms with Gasteiger partial charge in [0.1, 0.15) is 0 Å². The van der Waals surface area contributed by atoms with E-state index in [1.165, 1.54) is 16.2 Å². The van der Waals surface area contributed by atoms with Crippen LogP contribution in [0.2, 0.25) is 0 Å². The molecule has 0 aliphatic carbocycles. The van der Waals surface area contributed by atoms with E-state index in [1.54, 1.807) is 4.90 Å². The van der Waals surface area contributed by atoms with Gasteiger partial charge in [0.2, 0.25) is 0 Å². The Morgan fingerprint density at radius 2 is 1.74 bits per heavy atom. The Morgan fingerprint density at radius 3 is 2.45 bits per heavy atom. The van der Waals surface area contributed by atoms with E-state index in [0.29, 0.717) is 44.1 Å². The Kier molecular flexibility index (Phi) is 6.83. The Bertz CT molecular complexity index is 882. The van der Waals surface area contributed by atoms with E-state index in [1.807, 2.05) is 36.4 Å². The van der Waals surface area contributed by atoms with Gasteiger partial charge in [-0.2, -0.15) is 13.2 Å². The van der Waals surface area contributed by atoms with Crippen LogP contribution in [0, 0.1) is 0 Å². The number of benzene rings is 1. The Morgan fingerprint density at radius 1 is 1.00 bits per heavy atom. The van der Waals surface area contributed by atoms with Crippen LogP contribution in [0.5, 0.6) is 0 Å². The number of rotatable bonds is 4. The van der Waals surface area contributed by atoms with Crippen molar-refractivity contribution in [2.75, 3.05) is 63.9 Å². The third-order valence-electron chi connectivity index (χ3n) is 5.58. The normalized spacial score (nSPS) is 18.8. The number of alkyl halides is 3. The molecule has 2 aromatic rings. The van der Waals surface area contributed by atoms with Gasteiger partial charge in [-0.05, 0) is 18.1 Å². The van der Waals surface area contributed by atoms with Crippen LogP contribution in [0.3, 0.4) is 0 Å². The van der Waals surface area contributed by atoms with E-state index < -0.39 is 12.7 Å². The van der Waals surface area contributed by atoms with Crippen LogP contribution in [0.15, 0.2) is 36.4 Å². The summed E-state index contributed by atoms with van der Waals surface area (Å²) in [5.74, 6) is -0.101. The average Bonchev–Trinajstić information content (AvgIpc) is 3.09. The summed E-state index contributed by atoms with van der Waals surface area (Å²) in [6.45, 7) is 3.27. The maximum absolute atomic E-state index is 13.3. The minimum atomic E-state index is -4.22. The first-order valence-electron chi connectivity index (χ1n) is 10.5. The second-order valence-corrected chi connectivity index (χ2v) is 8.86. The molecular formula is C22H26F3N3O2S. The molecule has 168 valence electrons. The van der Waals surface area contributed by atoms with Crippen molar-refractivity contribution in [2.45, 2.75) is 12.6 Å². The third-order valence-corrected chi connectivity index (χ3v) is 6.77. The molecule has 31 heavy (non-hydrogen) atoms. The highest BCUT2D eigenvalue weighted by molar-refractivity contribution is 7.18. The SMILES string of the molecule is O=C(c1cc(-c2ccccc2)c(N2CCOCC2)s1)N1CCCN(CC(F)(F)F)CC1. The molecule has 2 fully saturated rings. The number of nitrogens with zero attached hydrogens (tertiary/aromatic N) is 3. The lowest BCUT2D eigenvalue weighted by Crippen LogP contribution is -2.38. The molecule has 0 atom stereocenters. The molecule has 9 heteroatoms.